The zero-order chi connectivity index (χ0) is 41.5. The number of aromatic hydroxyl groups is 1. The molecule has 2 saturated heterocycles. The second-order valence-corrected chi connectivity index (χ2v) is 14.7. The summed E-state index contributed by atoms with van der Waals surface area (Å²) in [5.74, 6) is 1.16. The number of benzene rings is 5. The van der Waals surface area contributed by atoms with Crippen LogP contribution in [0.5, 0.6) is 5.75 Å². The number of ether oxygens (including phenoxy) is 3. The van der Waals surface area contributed by atoms with Crippen LogP contribution in [0.1, 0.15) is 46.0 Å². The molecule has 14 nitrogen and oxygen atoms in total. The maximum Gasteiger partial charge on any atom is 0.421 e. The lowest BCUT2D eigenvalue weighted by Crippen LogP contribution is -2.53. The molecule has 300 valence electrons. The lowest BCUT2D eigenvalue weighted by atomic mass is 9.65. The normalized spacial score (nSPS) is 23.1. The molecule has 0 bridgehead atoms. The van der Waals surface area contributed by atoms with Gasteiger partial charge in [0.2, 0.25) is 5.91 Å². The molecule has 5 aromatic carbocycles. The zero-order valence-corrected chi connectivity index (χ0v) is 32.1. The van der Waals surface area contributed by atoms with Gasteiger partial charge in [0.1, 0.15) is 47.9 Å². The molecule has 60 heavy (non-hydrogen) atoms. The van der Waals surface area contributed by atoms with E-state index in [-0.39, 0.29) is 36.8 Å². The molecule has 1 spiro atoms. The summed E-state index contributed by atoms with van der Waals surface area (Å²) in [5, 5.41) is 30.4. The van der Waals surface area contributed by atoms with Gasteiger partial charge in [0.05, 0.1) is 29.9 Å². The summed E-state index contributed by atoms with van der Waals surface area (Å²) in [5.41, 5.74) is 1.71. The number of carboxylic acids is 1. The number of phenolic OH excluding ortho intramolecular Hbond substituents is 1. The first-order valence-corrected chi connectivity index (χ1v) is 19.3. The number of esters is 1. The smallest absolute Gasteiger partial charge is 0.421 e. The average Bonchev–Trinajstić information content (AvgIpc) is 3.90. The minimum absolute atomic E-state index is 0.0383. The Labute approximate surface area is 343 Å². The molecule has 1 aromatic heterocycles. The van der Waals surface area contributed by atoms with Gasteiger partial charge in [-0.15, -0.1) is 5.10 Å². The second kappa shape index (κ2) is 15.4. The van der Waals surface area contributed by atoms with Crippen molar-refractivity contribution in [3.8, 4) is 17.6 Å². The summed E-state index contributed by atoms with van der Waals surface area (Å²) in [7, 11) is 1.44. The summed E-state index contributed by atoms with van der Waals surface area (Å²) in [6.07, 6.45) is -1.99. The topological polar surface area (TPSA) is 174 Å². The second-order valence-electron chi connectivity index (χ2n) is 14.7. The molecule has 14 heteroatoms. The van der Waals surface area contributed by atoms with E-state index < -0.39 is 59.5 Å². The van der Waals surface area contributed by atoms with Crippen LogP contribution in [0, 0.1) is 17.8 Å². The van der Waals surface area contributed by atoms with E-state index in [1.54, 1.807) is 33.8 Å². The number of aliphatic carboxylic acids is 1. The van der Waals surface area contributed by atoms with Crippen molar-refractivity contribution in [1.29, 1.82) is 0 Å². The lowest BCUT2D eigenvalue weighted by molar-refractivity contribution is -0.179. The van der Waals surface area contributed by atoms with Crippen molar-refractivity contribution >= 4 is 40.7 Å². The lowest BCUT2D eigenvalue weighted by Gasteiger charge is -2.46. The third-order valence-corrected chi connectivity index (χ3v) is 11.5. The van der Waals surface area contributed by atoms with Gasteiger partial charge in [-0.3, -0.25) is 19.3 Å². The Balaban J connectivity index is 1.29. The maximum atomic E-state index is 15.7. The number of para-hydroxylation sites is 1. The molecule has 9 rings (SSSR count). The number of hydrogen-bond donors (Lipinski definition) is 2. The first-order valence-electron chi connectivity index (χ1n) is 19.3. The number of hydrogen-bond acceptors (Lipinski definition) is 11. The number of phenols is 1. The van der Waals surface area contributed by atoms with Crippen molar-refractivity contribution in [2.45, 2.75) is 36.2 Å². The number of rotatable bonds is 8. The van der Waals surface area contributed by atoms with Gasteiger partial charge in [0.25, 0.3) is 0 Å². The van der Waals surface area contributed by atoms with Gasteiger partial charge < -0.3 is 24.4 Å². The van der Waals surface area contributed by atoms with Gasteiger partial charge in [-0.1, -0.05) is 102 Å². The van der Waals surface area contributed by atoms with Crippen molar-refractivity contribution in [1.82, 2.24) is 19.9 Å². The molecular weight excluding hydrogens is 767 g/mol. The number of cyclic esters (lactones) is 1. The Morgan fingerprint density at radius 3 is 2.25 bits per heavy atom. The van der Waals surface area contributed by atoms with E-state index in [0.717, 1.165) is 10.4 Å². The minimum Gasteiger partial charge on any atom is -0.508 e. The number of carboxylic acid groups (broad SMARTS) is 1. The molecule has 2 amide bonds. The SMILES string of the molecule is COCCOC(=O)N1C(=O)[C@@]2(c3cc(C#CCn4nnc5ccccc54)ccc31)[C@H](C(=O)O)[C@H]1C(=O)O[C@H](c3ccccc3)[C@H](c3ccccc3)N1[C@@H]2c1ccc(O)cc1. The van der Waals surface area contributed by atoms with Gasteiger partial charge in [0, 0.05) is 12.7 Å². The van der Waals surface area contributed by atoms with Gasteiger partial charge in [-0.2, -0.15) is 0 Å². The number of amides is 2. The van der Waals surface area contributed by atoms with E-state index >= 15 is 4.79 Å². The number of imide groups is 1. The number of aromatic nitrogens is 3. The summed E-state index contributed by atoms with van der Waals surface area (Å²) < 4.78 is 18.6. The summed E-state index contributed by atoms with van der Waals surface area (Å²) >= 11 is 0. The van der Waals surface area contributed by atoms with E-state index in [9.17, 15) is 24.6 Å². The standard InChI is InChI=1S/C46H37N5O9/c1-58-25-26-59-45(57)50-35-23-18-28(11-10-24-49-36-17-9-8-16-34(36)47-48-49)27-33(35)46(44(50)56)37(42(53)54)39-43(55)60-40(30-14-6-3-7-15-30)38(29-12-4-2-5-13-29)51(39)41(46)31-19-21-32(52)22-20-31/h2-9,12-23,27,37-41,52H,24-26H2,1H3,(H,53,54)/t37-,38-,39-,40+,41+,46-/m0/s1. The van der Waals surface area contributed by atoms with Crippen molar-refractivity contribution < 1.29 is 43.6 Å². The molecule has 3 aliphatic rings. The highest BCUT2D eigenvalue weighted by Gasteiger charge is 2.76. The van der Waals surface area contributed by atoms with Crippen LogP contribution < -0.4 is 4.90 Å². The number of carbonyl (C=O) groups is 4. The first kappa shape index (κ1) is 38.2. The molecule has 6 aromatic rings. The highest BCUT2D eigenvalue weighted by atomic mass is 16.6. The van der Waals surface area contributed by atoms with Crippen LogP contribution in [0.25, 0.3) is 11.0 Å². The number of methoxy groups -OCH3 is 1. The quantitative estimate of drug-likeness (QED) is 0.109. The predicted octanol–water partition coefficient (Wildman–Crippen LogP) is 5.72. The van der Waals surface area contributed by atoms with Gasteiger partial charge >= 0.3 is 18.0 Å². The molecule has 0 aliphatic carbocycles. The average molecular weight is 804 g/mol. The van der Waals surface area contributed by atoms with E-state index in [4.69, 9.17) is 14.2 Å². The van der Waals surface area contributed by atoms with Crippen molar-refractivity contribution in [2.24, 2.45) is 5.92 Å². The van der Waals surface area contributed by atoms with Crippen LogP contribution in [0.2, 0.25) is 0 Å². The zero-order valence-electron chi connectivity index (χ0n) is 32.1. The monoisotopic (exact) mass is 803 g/mol. The number of morpholine rings is 1. The summed E-state index contributed by atoms with van der Waals surface area (Å²) in [4.78, 5) is 61.2. The number of nitrogens with zero attached hydrogens (tertiary/aromatic N) is 5. The van der Waals surface area contributed by atoms with E-state index in [2.05, 4.69) is 22.2 Å². The van der Waals surface area contributed by atoms with Crippen molar-refractivity contribution in [3.05, 3.63) is 155 Å². The number of carbonyl (C=O) groups excluding carboxylic acids is 3. The largest absolute Gasteiger partial charge is 0.508 e. The van der Waals surface area contributed by atoms with Crippen LogP contribution >= 0.6 is 0 Å². The van der Waals surface area contributed by atoms with Gasteiger partial charge in [0.15, 0.2) is 0 Å². The third kappa shape index (κ3) is 6.14. The summed E-state index contributed by atoms with van der Waals surface area (Å²) in [6, 6.07) is 33.1. The Kier molecular flexibility index (Phi) is 9.83. The van der Waals surface area contributed by atoms with E-state index in [1.807, 2.05) is 84.9 Å². The van der Waals surface area contributed by atoms with Gasteiger partial charge in [-0.25, -0.2) is 14.4 Å². The van der Waals surface area contributed by atoms with Crippen LogP contribution in [0.4, 0.5) is 10.5 Å². The fraction of sp³-hybridized carbons (Fsp3) is 0.217. The minimum atomic E-state index is -2.17. The molecule has 0 saturated carbocycles. The summed E-state index contributed by atoms with van der Waals surface area (Å²) in [6.45, 7) is 0.00697. The van der Waals surface area contributed by atoms with Crippen LogP contribution in [0.3, 0.4) is 0 Å². The molecule has 2 N–H and O–H groups in total. The third-order valence-electron chi connectivity index (χ3n) is 11.5. The fourth-order valence-corrected chi connectivity index (χ4v) is 9.13. The molecule has 0 radical (unpaired) electrons. The Hall–Kier alpha value is -7.34. The maximum absolute atomic E-state index is 15.7. The first-order chi connectivity index (χ1) is 29.2. The Morgan fingerprint density at radius 2 is 1.53 bits per heavy atom. The molecule has 0 unspecified atom stereocenters. The number of fused-ring (bicyclic) bond motifs is 4. The fourth-order valence-electron chi connectivity index (χ4n) is 9.13. The Bertz CT molecular complexity index is 2700. The Morgan fingerprint density at radius 1 is 0.833 bits per heavy atom. The van der Waals surface area contributed by atoms with E-state index in [0.29, 0.717) is 27.8 Å². The molecular formula is C46H37N5O9. The van der Waals surface area contributed by atoms with Crippen molar-refractivity contribution in [2.75, 3.05) is 25.2 Å². The van der Waals surface area contributed by atoms with Crippen LogP contribution in [0.15, 0.2) is 127 Å². The van der Waals surface area contributed by atoms with Crippen LogP contribution in [-0.4, -0.2) is 80.4 Å². The molecule has 2 fully saturated rings. The van der Waals surface area contributed by atoms with E-state index in [1.165, 1.54) is 25.3 Å². The van der Waals surface area contributed by atoms with Crippen LogP contribution in [-0.2, 0) is 40.6 Å². The highest BCUT2D eigenvalue weighted by Crippen LogP contribution is 2.66. The molecule has 4 heterocycles. The van der Waals surface area contributed by atoms with Gasteiger partial charge in [-0.05, 0) is 64.7 Å². The van der Waals surface area contributed by atoms with Crippen molar-refractivity contribution in [3.63, 3.8) is 0 Å². The molecule has 6 atom stereocenters. The predicted molar refractivity (Wildman–Crippen MR) is 215 cm³/mol. The highest BCUT2D eigenvalue weighted by molar-refractivity contribution is 6.23. The molecule has 3 aliphatic heterocycles. The number of anilines is 1.